The highest BCUT2D eigenvalue weighted by molar-refractivity contribution is 5.85. The molecule has 0 aromatic heterocycles. The van der Waals surface area contributed by atoms with E-state index in [1.54, 1.807) is 12.1 Å². The van der Waals surface area contributed by atoms with Gasteiger partial charge in [-0.15, -0.1) is 0 Å². The number of hydrogen-bond acceptors (Lipinski definition) is 2. The average Bonchev–Trinajstić information content (AvgIpc) is 2.54. The van der Waals surface area contributed by atoms with Gasteiger partial charge >= 0.3 is 12.1 Å². The van der Waals surface area contributed by atoms with Crippen molar-refractivity contribution in [2.24, 2.45) is 11.8 Å². The van der Waals surface area contributed by atoms with Crippen LogP contribution in [0.4, 0.5) is 8.78 Å². The third-order valence-corrected chi connectivity index (χ3v) is 4.45. The fraction of sp³-hybridized carbons (Fsp3) is 0.500. The van der Waals surface area contributed by atoms with Crippen molar-refractivity contribution >= 4 is 12.0 Å². The van der Waals surface area contributed by atoms with Crippen molar-refractivity contribution in [3.8, 4) is 5.75 Å². The Morgan fingerprint density at radius 3 is 2.39 bits per heavy atom. The summed E-state index contributed by atoms with van der Waals surface area (Å²) in [6.07, 6.45) is 2.92. The van der Waals surface area contributed by atoms with Gasteiger partial charge < -0.3 is 9.84 Å². The number of carboxylic acid groups (broad SMARTS) is 1. The average molecular weight is 324 g/mol. The first-order valence-corrected chi connectivity index (χ1v) is 7.98. The Hall–Kier alpha value is -1.91. The molecule has 1 N–H and O–H groups in total. The monoisotopic (exact) mass is 324 g/mol. The van der Waals surface area contributed by atoms with Crippen LogP contribution in [0.15, 0.2) is 30.3 Å². The molecule has 23 heavy (non-hydrogen) atoms. The molecule has 5 heteroatoms. The zero-order valence-corrected chi connectivity index (χ0v) is 13.2. The summed E-state index contributed by atoms with van der Waals surface area (Å²) in [6.45, 7) is 2.10. The highest BCUT2D eigenvalue weighted by Crippen LogP contribution is 2.40. The molecule has 1 aliphatic carbocycles. The Morgan fingerprint density at radius 2 is 1.87 bits per heavy atom. The van der Waals surface area contributed by atoms with Crippen LogP contribution in [0, 0.1) is 11.8 Å². The highest BCUT2D eigenvalue weighted by atomic mass is 19.3. The zero-order valence-electron chi connectivity index (χ0n) is 13.2. The molecule has 1 aliphatic rings. The first-order valence-electron chi connectivity index (χ1n) is 7.98. The van der Waals surface area contributed by atoms with Crippen LogP contribution in [0.1, 0.15) is 44.6 Å². The van der Waals surface area contributed by atoms with Crippen LogP contribution in [0.3, 0.4) is 0 Å². The van der Waals surface area contributed by atoms with Gasteiger partial charge in [-0.05, 0) is 55.4 Å². The molecule has 2 rings (SSSR count). The molecular formula is C18H22F2O3. The number of rotatable bonds is 6. The standard InChI is InChI=1S/C18H22F2O3/c1-2-13-3-8-15(9-4-13)18(19,20)23-16-10-5-14(6-11-16)7-12-17(21)22/h5-7,10-13,15H,2-4,8-9H2,1H3,(H,21,22)/b12-7+. The second kappa shape index (κ2) is 7.57. The third-order valence-electron chi connectivity index (χ3n) is 4.45. The highest BCUT2D eigenvalue weighted by Gasteiger charge is 2.43. The van der Waals surface area contributed by atoms with Gasteiger partial charge in [0, 0.05) is 6.08 Å². The number of ether oxygens (including phenoxy) is 1. The lowest BCUT2D eigenvalue weighted by Gasteiger charge is -2.32. The van der Waals surface area contributed by atoms with E-state index in [1.807, 2.05) is 0 Å². The molecule has 1 aromatic carbocycles. The van der Waals surface area contributed by atoms with Crippen molar-refractivity contribution in [2.45, 2.75) is 45.1 Å². The maximum Gasteiger partial charge on any atom is 0.400 e. The number of benzene rings is 1. The smallest absolute Gasteiger partial charge is 0.400 e. The summed E-state index contributed by atoms with van der Waals surface area (Å²) in [5.74, 6) is -1.14. The van der Waals surface area contributed by atoms with Gasteiger partial charge in [0.2, 0.25) is 0 Å². The van der Waals surface area contributed by atoms with Crippen molar-refractivity contribution in [1.82, 2.24) is 0 Å². The summed E-state index contributed by atoms with van der Waals surface area (Å²) in [6, 6.07) is 5.98. The van der Waals surface area contributed by atoms with E-state index in [-0.39, 0.29) is 5.75 Å². The molecule has 0 radical (unpaired) electrons. The summed E-state index contributed by atoms with van der Waals surface area (Å²) in [7, 11) is 0. The maximum absolute atomic E-state index is 14.3. The molecular weight excluding hydrogens is 302 g/mol. The number of carboxylic acids is 1. The predicted molar refractivity (Wildman–Crippen MR) is 84.4 cm³/mol. The van der Waals surface area contributed by atoms with Crippen LogP contribution < -0.4 is 4.74 Å². The van der Waals surface area contributed by atoms with E-state index in [0.717, 1.165) is 25.3 Å². The van der Waals surface area contributed by atoms with Crippen LogP contribution in [-0.2, 0) is 4.79 Å². The Kier molecular flexibility index (Phi) is 5.74. The molecule has 0 atom stereocenters. The molecule has 126 valence electrons. The van der Waals surface area contributed by atoms with E-state index in [1.165, 1.54) is 18.2 Å². The number of hydrogen-bond donors (Lipinski definition) is 1. The van der Waals surface area contributed by atoms with Gasteiger partial charge in [-0.2, -0.15) is 8.78 Å². The predicted octanol–water partition coefficient (Wildman–Crippen LogP) is 4.97. The summed E-state index contributed by atoms with van der Waals surface area (Å²) in [5.41, 5.74) is 0.617. The zero-order chi connectivity index (χ0) is 16.9. The van der Waals surface area contributed by atoms with Crippen LogP contribution in [-0.4, -0.2) is 17.2 Å². The van der Waals surface area contributed by atoms with Crippen LogP contribution in [0.2, 0.25) is 0 Å². The van der Waals surface area contributed by atoms with E-state index in [4.69, 9.17) is 9.84 Å². The summed E-state index contributed by atoms with van der Waals surface area (Å²) >= 11 is 0. The van der Waals surface area contributed by atoms with E-state index < -0.39 is 18.0 Å². The first kappa shape index (κ1) is 17.4. The van der Waals surface area contributed by atoms with E-state index in [9.17, 15) is 13.6 Å². The van der Waals surface area contributed by atoms with E-state index in [0.29, 0.717) is 24.3 Å². The normalized spacial score (nSPS) is 22.2. The minimum absolute atomic E-state index is 0.0973. The van der Waals surface area contributed by atoms with Crippen molar-refractivity contribution in [3.05, 3.63) is 35.9 Å². The van der Waals surface area contributed by atoms with Crippen molar-refractivity contribution in [1.29, 1.82) is 0 Å². The van der Waals surface area contributed by atoms with Crippen LogP contribution >= 0.6 is 0 Å². The van der Waals surface area contributed by atoms with Crippen molar-refractivity contribution in [3.63, 3.8) is 0 Å². The van der Waals surface area contributed by atoms with Crippen LogP contribution in [0.25, 0.3) is 6.08 Å². The lowest BCUT2D eigenvalue weighted by Crippen LogP contribution is -2.37. The Balaban J connectivity index is 1.96. The summed E-state index contributed by atoms with van der Waals surface area (Å²) in [5, 5.41) is 8.55. The molecule has 0 heterocycles. The molecule has 0 bridgehead atoms. The number of halogens is 2. The van der Waals surface area contributed by atoms with Gasteiger partial charge in [-0.1, -0.05) is 25.5 Å². The lowest BCUT2D eigenvalue weighted by molar-refractivity contribution is -0.223. The summed E-state index contributed by atoms with van der Waals surface area (Å²) < 4.78 is 33.5. The molecule has 0 amide bonds. The topological polar surface area (TPSA) is 46.5 Å². The van der Waals surface area contributed by atoms with Crippen LogP contribution in [0.5, 0.6) is 5.75 Å². The van der Waals surface area contributed by atoms with Crippen molar-refractivity contribution in [2.75, 3.05) is 0 Å². The Bertz CT molecular complexity index is 544. The quantitative estimate of drug-likeness (QED) is 0.751. The Morgan fingerprint density at radius 1 is 1.26 bits per heavy atom. The van der Waals surface area contributed by atoms with E-state index in [2.05, 4.69) is 6.92 Å². The van der Waals surface area contributed by atoms with Gasteiger partial charge in [0.15, 0.2) is 0 Å². The molecule has 1 aromatic rings. The number of carbonyl (C=O) groups is 1. The van der Waals surface area contributed by atoms with Crippen molar-refractivity contribution < 1.29 is 23.4 Å². The van der Waals surface area contributed by atoms with Gasteiger partial charge in [0.05, 0.1) is 5.92 Å². The number of aliphatic carboxylic acids is 1. The van der Waals surface area contributed by atoms with Gasteiger partial charge in [-0.3, -0.25) is 0 Å². The fourth-order valence-corrected chi connectivity index (χ4v) is 2.96. The molecule has 3 nitrogen and oxygen atoms in total. The second-order valence-corrected chi connectivity index (χ2v) is 6.03. The van der Waals surface area contributed by atoms with E-state index >= 15 is 0 Å². The van der Waals surface area contributed by atoms with Gasteiger partial charge in [0.1, 0.15) is 5.75 Å². The third kappa shape index (κ3) is 5.05. The molecule has 1 fully saturated rings. The SMILES string of the molecule is CCC1CCC(C(F)(F)Oc2ccc(/C=C/C(=O)O)cc2)CC1. The molecule has 0 spiro atoms. The molecule has 1 saturated carbocycles. The molecule has 0 saturated heterocycles. The number of alkyl halides is 2. The lowest BCUT2D eigenvalue weighted by atomic mass is 9.80. The second-order valence-electron chi connectivity index (χ2n) is 6.03. The molecule has 0 aliphatic heterocycles. The minimum Gasteiger partial charge on any atom is -0.478 e. The van der Waals surface area contributed by atoms with Gasteiger partial charge in [0.25, 0.3) is 0 Å². The maximum atomic E-state index is 14.3. The fourth-order valence-electron chi connectivity index (χ4n) is 2.96. The first-order chi connectivity index (χ1) is 10.9. The minimum atomic E-state index is -3.17. The Labute approximate surface area is 135 Å². The summed E-state index contributed by atoms with van der Waals surface area (Å²) in [4.78, 5) is 10.4. The van der Waals surface area contributed by atoms with Gasteiger partial charge in [-0.25, -0.2) is 4.79 Å². The largest absolute Gasteiger partial charge is 0.478 e. The molecule has 0 unspecified atom stereocenters.